The molecule has 2 aromatic carbocycles. The van der Waals surface area contributed by atoms with Gasteiger partial charge in [0, 0.05) is 24.5 Å². The highest BCUT2D eigenvalue weighted by atomic mass is 16.5. The Hall–Kier alpha value is -4.13. The fraction of sp³-hybridized carbons (Fsp3) is 0.192. The maximum absolute atomic E-state index is 13.1. The second-order valence-electron chi connectivity index (χ2n) is 7.60. The van der Waals surface area contributed by atoms with Crippen molar-refractivity contribution in [3.63, 3.8) is 0 Å². The van der Waals surface area contributed by atoms with Gasteiger partial charge in [0.2, 0.25) is 0 Å². The number of methoxy groups -OCH3 is 2. The van der Waals surface area contributed by atoms with E-state index in [1.54, 1.807) is 44.6 Å². The molecule has 7 nitrogen and oxygen atoms in total. The molecule has 1 aromatic heterocycles. The number of rotatable bonds is 7. The molecule has 1 unspecified atom stereocenters. The van der Waals surface area contributed by atoms with Crippen molar-refractivity contribution in [1.82, 2.24) is 9.88 Å². The molecule has 33 heavy (non-hydrogen) atoms. The van der Waals surface area contributed by atoms with Gasteiger partial charge in [-0.3, -0.25) is 14.6 Å². The van der Waals surface area contributed by atoms with Crippen molar-refractivity contribution < 1.29 is 24.2 Å². The van der Waals surface area contributed by atoms with Crippen LogP contribution >= 0.6 is 0 Å². The molecule has 0 aliphatic carbocycles. The lowest BCUT2D eigenvalue weighted by atomic mass is 9.95. The average Bonchev–Trinajstić information content (AvgIpc) is 3.12. The van der Waals surface area contributed by atoms with Gasteiger partial charge in [0.1, 0.15) is 17.3 Å². The summed E-state index contributed by atoms with van der Waals surface area (Å²) in [5.41, 5.74) is 2.15. The third-order valence-electron chi connectivity index (χ3n) is 5.70. The van der Waals surface area contributed by atoms with Crippen molar-refractivity contribution in [3.05, 3.63) is 95.3 Å². The fourth-order valence-electron chi connectivity index (χ4n) is 3.98. The molecule has 1 saturated heterocycles. The quantitative estimate of drug-likeness (QED) is 0.339. The zero-order valence-electron chi connectivity index (χ0n) is 18.4. The number of carbonyl (C=O) groups excluding carboxylic acids is 2. The first-order valence-electron chi connectivity index (χ1n) is 10.5. The molecule has 1 aliphatic rings. The number of amides is 1. The Labute approximate surface area is 191 Å². The zero-order chi connectivity index (χ0) is 23.4. The monoisotopic (exact) mass is 444 g/mol. The molecule has 2 heterocycles. The summed E-state index contributed by atoms with van der Waals surface area (Å²) in [5.74, 6) is -0.251. The number of ketones is 1. The Balaban J connectivity index is 1.75. The Morgan fingerprint density at radius 1 is 0.970 bits per heavy atom. The lowest BCUT2D eigenvalue weighted by molar-refractivity contribution is -0.139. The first-order chi connectivity index (χ1) is 16.0. The van der Waals surface area contributed by atoms with Crippen molar-refractivity contribution in [2.45, 2.75) is 12.5 Å². The normalized spacial score (nSPS) is 17.3. The molecule has 4 rings (SSSR count). The van der Waals surface area contributed by atoms with Gasteiger partial charge < -0.3 is 19.5 Å². The second kappa shape index (κ2) is 9.56. The van der Waals surface area contributed by atoms with E-state index in [1.165, 1.54) is 17.3 Å². The number of likely N-dealkylation sites (tertiary alicyclic amines) is 1. The molecule has 1 aliphatic heterocycles. The van der Waals surface area contributed by atoms with E-state index in [1.807, 2.05) is 30.3 Å². The third-order valence-corrected chi connectivity index (χ3v) is 5.70. The van der Waals surface area contributed by atoms with Crippen LogP contribution in [0.5, 0.6) is 11.5 Å². The molecule has 1 fully saturated rings. The minimum atomic E-state index is -0.744. The topological polar surface area (TPSA) is 89.0 Å². The lowest BCUT2D eigenvalue weighted by Gasteiger charge is -2.25. The number of Topliss-reactive ketones (excluding diaryl/α,β-unsaturated/α-hetero) is 1. The van der Waals surface area contributed by atoms with Crippen LogP contribution in [0.25, 0.3) is 5.76 Å². The van der Waals surface area contributed by atoms with Crippen molar-refractivity contribution in [1.29, 1.82) is 0 Å². The van der Waals surface area contributed by atoms with Gasteiger partial charge in [0.25, 0.3) is 11.7 Å². The summed E-state index contributed by atoms with van der Waals surface area (Å²) < 4.78 is 10.5. The van der Waals surface area contributed by atoms with Gasteiger partial charge in [-0.15, -0.1) is 0 Å². The molecular weight excluding hydrogens is 420 g/mol. The van der Waals surface area contributed by atoms with Gasteiger partial charge in [0.15, 0.2) is 0 Å². The standard InChI is InChI=1S/C26H24N2O5/c1-32-20-8-6-17(7-9-20)12-15-28-23(19-4-3-5-21(16-19)33-2)22(25(30)26(28)31)24(29)18-10-13-27-14-11-18/h3-11,13-14,16,23,29H,12,15H2,1-2H3/b24-22-. The van der Waals surface area contributed by atoms with E-state index in [4.69, 9.17) is 9.47 Å². The highest BCUT2D eigenvalue weighted by Crippen LogP contribution is 2.40. The number of aliphatic hydroxyl groups excluding tert-OH is 1. The van der Waals surface area contributed by atoms with Crippen LogP contribution in [0.4, 0.5) is 0 Å². The molecule has 0 spiro atoms. The molecule has 7 heteroatoms. The smallest absolute Gasteiger partial charge is 0.295 e. The van der Waals surface area contributed by atoms with Crippen LogP contribution in [0, 0.1) is 0 Å². The van der Waals surface area contributed by atoms with Gasteiger partial charge in [-0.25, -0.2) is 0 Å². The highest BCUT2D eigenvalue weighted by Gasteiger charge is 2.45. The molecule has 0 saturated carbocycles. The van der Waals surface area contributed by atoms with E-state index in [9.17, 15) is 14.7 Å². The number of hydrogen-bond acceptors (Lipinski definition) is 6. The summed E-state index contributed by atoms with van der Waals surface area (Å²) in [6, 6.07) is 17.2. The Bertz CT molecular complexity index is 1190. The first kappa shape index (κ1) is 22.1. The summed E-state index contributed by atoms with van der Waals surface area (Å²) >= 11 is 0. The van der Waals surface area contributed by atoms with Crippen LogP contribution in [0.1, 0.15) is 22.7 Å². The molecular formula is C26H24N2O5. The van der Waals surface area contributed by atoms with Crippen molar-refractivity contribution in [2.24, 2.45) is 0 Å². The summed E-state index contributed by atoms with van der Waals surface area (Å²) in [5, 5.41) is 11.0. The maximum Gasteiger partial charge on any atom is 0.295 e. The second-order valence-corrected chi connectivity index (χ2v) is 7.60. The van der Waals surface area contributed by atoms with E-state index in [2.05, 4.69) is 4.98 Å². The molecule has 1 amide bonds. The molecule has 0 bridgehead atoms. The van der Waals surface area contributed by atoms with Gasteiger partial charge in [0.05, 0.1) is 25.8 Å². The van der Waals surface area contributed by atoms with Crippen molar-refractivity contribution in [3.8, 4) is 11.5 Å². The summed E-state index contributed by atoms with van der Waals surface area (Å²) in [6.07, 6.45) is 3.58. The number of carbonyl (C=O) groups is 2. The minimum absolute atomic E-state index is 0.0502. The van der Waals surface area contributed by atoms with Gasteiger partial charge in [-0.2, -0.15) is 0 Å². The van der Waals surface area contributed by atoms with E-state index in [0.717, 1.165) is 11.3 Å². The molecule has 1 atom stereocenters. The molecule has 1 N–H and O–H groups in total. The number of pyridine rings is 1. The summed E-state index contributed by atoms with van der Waals surface area (Å²) in [6.45, 7) is 0.298. The molecule has 168 valence electrons. The van der Waals surface area contributed by atoms with E-state index in [-0.39, 0.29) is 11.3 Å². The predicted molar refractivity (Wildman–Crippen MR) is 123 cm³/mol. The lowest BCUT2D eigenvalue weighted by Crippen LogP contribution is -2.31. The predicted octanol–water partition coefficient (Wildman–Crippen LogP) is 3.76. The Kier molecular flexibility index (Phi) is 6.40. The first-order valence-corrected chi connectivity index (χ1v) is 10.5. The minimum Gasteiger partial charge on any atom is -0.507 e. The number of benzene rings is 2. The van der Waals surface area contributed by atoms with Crippen LogP contribution in [-0.2, 0) is 16.0 Å². The zero-order valence-corrected chi connectivity index (χ0v) is 18.4. The maximum atomic E-state index is 13.1. The number of aliphatic hydroxyl groups is 1. The van der Waals surface area contributed by atoms with Crippen molar-refractivity contribution in [2.75, 3.05) is 20.8 Å². The fourth-order valence-corrected chi connectivity index (χ4v) is 3.98. The van der Waals surface area contributed by atoms with Crippen LogP contribution in [-0.4, -0.2) is 47.4 Å². The van der Waals surface area contributed by atoms with Crippen LogP contribution in [0.2, 0.25) is 0 Å². The van der Waals surface area contributed by atoms with Gasteiger partial charge >= 0.3 is 0 Å². The highest BCUT2D eigenvalue weighted by molar-refractivity contribution is 6.46. The third kappa shape index (κ3) is 4.43. The summed E-state index contributed by atoms with van der Waals surface area (Å²) in [7, 11) is 3.15. The largest absolute Gasteiger partial charge is 0.507 e. The Morgan fingerprint density at radius 3 is 2.33 bits per heavy atom. The Morgan fingerprint density at radius 2 is 1.67 bits per heavy atom. The number of aromatic nitrogens is 1. The molecule has 3 aromatic rings. The average molecular weight is 444 g/mol. The molecule has 0 radical (unpaired) electrons. The van der Waals surface area contributed by atoms with Gasteiger partial charge in [-0.05, 0) is 53.9 Å². The van der Waals surface area contributed by atoms with E-state index >= 15 is 0 Å². The number of hydrogen-bond donors (Lipinski definition) is 1. The number of ether oxygens (including phenoxy) is 2. The van der Waals surface area contributed by atoms with Crippen molar-refractivity contribution >= 4 is 17.4 Å². The van der Waals surface area contributed by atoms with Gasteiger partial charge in [-0.1, -0.05) is 24.3 Å². The van der Waals surface area contributed by atoms with E-state index in [0.29, 0.717) is 29.8 Å². The van der Waals surface area contributed by atoms with Crippen LogP contribution in [0.15, 0.2) is 78.6 Å². The number of nitrogens with zero attached hydrogens (tertiary/aromatic N) is 2. The SMILES string of the molecule is COc1ccc(CCN2C(=O)C(=O)/C(=C(\O)c3ccncc3)C2c2cccc(OC)c2)cc1. The summed E-state index contributed by atoms with van der Waals surface area (Å²) in [4.78, 5) is 31.6. The van der Waals surface area contributed by atoms with E-state index < -0.39 is 17.7 Å². The van der Waals surface area contributed by atoms with Crippen LogP contribution < -0.4 is 9.47 Å². The van der Waals surface area contributed by atoms with Crippen LogP contribution in [0.3, 0.4) is 0 Å².